The van der Waals surface area contributed by atoms with Crippen molar-refractivity contribution in [3.05, 3.63) is 64.4 Å². The summed E-state index contributed by atoms with van der Waals surface area (Å²) in [5.74, 6) is 0.647. The third-order valence-corrected chi connectivity index (χ3v) is 5.61. The number of fused-ring (bicyclic) bond motifs is 1. The summed E-state index contributed by atoms with van der Waals surface area (Å²) in [5, 5.41) is 7.13. The second kappa shape index (κ2) is 6.77. The molecule has 0 saturated carbocycles. The van der Waals surface area contributed by atoms with Crippen LogP contribution in [0.1, 0.15) is 33.5 Å². The zero-order valence-corrected chi connectivity index (χ0v) is 16.0. The largest absolute Gasteiger partial charge is 0.309 e. The van der Waals surface area contributed by atoms with Crippen LogP contribution < -0.4 is 5.32 Å². The van der Waals surface area contributed by atoms with E-state index in [1.807, 2.05) is 26.8 Å². The molecule has 1 aliphatic rings. The zero-order chi connectivity index (χ0) is 19.1. The minimum absolute atomic E-state index is 0.161. The van der Waals surface area contributed by atoms with Crippen molar-refractivity contribution in [2.24, 2.45) is 0 Å². The highest BCUT2D eigenvalue weighted by Gasteiger charge is 2.32. The fourth-order valence-corrected chi connectivity index (χ4v) is 4.47. The van der Waals surface area contributed by atoms with Crippen LogP contribution in [0.15, 0.2) is 30.3 Å². The first-order valence-electron chi connectivity index (χ1n) is 8.52. The Morgan fingerprint density at radius 1 is 1.19 bits per heavy atom. The highest BCUT2D eigenvalue weighted by atomic mass is 32.2. The van der Waals surface area contributed by atoms with E-state index in [9.17, 15) is 9.18 Å². The first-order chi connectivity index (χ1) is 12.9. The number of nitrogens with one attached hydrogen (secondary N) is 1. The Labute approximate surface area is 160 Å². The van der Waals surface area contributed by atoms with E-state index in [2.05, 4.69) is 20.4 Å². The van der Waals surface area contributed by atoms with E-state index < -0.39 is 0 Å². The molecule has 3 heterocycles. The minimum atomic E-state index is -0.347. The summed E-state index contributed by atoms with van der Waals surface area (Å²) in [5.41, 5.74) is 3.62. The van der Waals surface area contributed by atoms with Crippen LogP contribution in [-0.2, 0) is 4.79 Å². The van der Waals surface area contributed by atoms with Gasteiger partial charge in [-0.15, -0.1) is 11.8 Å². The second-order valence-electron chi connectivity index (χ2n) is 6.47. The van der Waals surface area contributed by atoms with Gasteiger partial charge in [-0.1, -0.05) is 18.2 Å². The van der Waals surface area contributed by atoms with Crippen molar-refractivity contribution >= 4 is 23.5 Å². The van der Waals surface area contributed by atoms with Crippen molar-refractivity contribution < 1.29 is 9.18 Å². The van der Waals surface area contributed by atoms with Gasteiger partial charge in [-0.2, -0.15) is 9.78 Å². The van der Waals surface area contributed by atoms with E-state index in [-0.39, 0.29) is 22.7 Å². The second-order valence-corrected chi connectivity index (χ2v) is 7.56. The number of aromatic nitrogens is 4. The molecule has 0 radical (unpaired) electrons. The normalized spacial score (nSPS) is 16.6. The number of hydrogen-bond acceptors (Lipinski definition) is 5. The molecule has 0 spiro atoms. The molecule has 0 unspecified atom stereocenters. The summed E-state index contributed by atoms with van der Waals surface area (Å²) in [7, 11) is 0. The van der Waals surface area contributed by atoms with E-state index in [4.69, 9.17) is 0 Å². The van der Waals surface area contributed by atoms with Gasteiger partial charge in [-0.05, 0) is 32.9 Å². The van der Waals surface area contributed by atoms with Gasteiger partial charge in [0, 0.05) is 22.5 Å². The Morgan fingerprint density at radius 2 is 1.89 bits per heavy atom. The molecule has 1 N–H and O–H groups in total. The number of carbonyl (C=O) groups is 1. The van der Waals surface area contributed by atoms with E-state index in [1.54, 1.807) is 22.9 Å². The van der Waals surface area contributed by atoms with Gasteiger partial charge >= 0.3 is 0 Å². The zero-order valence-electron chi connectivity index (χ0n) is 15.2. The van der Waals surface area contributed by atoms with Crippen molar-refractivity contribution in [3.63, 3.8) is 0 Å². The number of amides is 1. The molecule has 1 amide bonds. The molecule has 27 heavy (non-hydrogen) atoms. The van der Waals surface area contributed by atoms with Gasteiger partial charge in [0.25, 0.3) is 5.95 Å². The molecule has 1 aliphatic heterocycles. The molecule has 6 nitrogen and oxygen atoms in total. The molecule has 8 heteroatoms. The van der Waals surface area contributed by atoms with E-state index in [0.717, 1.165) is 17.0 Å². The van der Waals surface area contributed by atoms with E-state index in [0.29, 0.717) is 23.0 Å². The minimum Gasteiger partial charge on any atom is -0.309 e. The molecule has 0 fully saturated rings. The van der Waals surface area contributed by atoms with Crippen molar-refractivity contribution in [1.29, 1.82) is 0 Å². The summed E-state index contributed by atoms with van der Waals surface area (Å²) >= 11 is 1.38. The van der Waals surface area contributed by atoms with Crippen LogP contribution in [0.3, 0.4) is 0 Å². The van der Waals surface area contributed by atoms with Crippen LogP contribution in [0.2, 0.25) is 0 Å². The third kappa shape index (κ3) is 3.21. The van der Waals surface area contributed by atoms with Crippen LogP contribution >= 0.6 is 11.8 Å². The number of anilines is 1. The molecule has 0 aliphatic carbocycles. The van der Waals surface area contributed by atoms with Crippen LogP contribution in [0.5, 0.6) is 0 Å². The lowest BCUT2D eigenvalue weighted by molar-refractivity contribution is -0.113. The van der Waals surface area contributed by atoms with Gasteiger partial charge in [0.2, 0.25) is 5.91 Å². The molecule has 2 aromatic heterocycles. The predicted molar refractivity (Wildman–Crippen MR) is 103 cm³/mol. The van der Waals surface area contributed by atoms with Crippen molar-refractivity contribution in [3.8, 4) is 5.95 Å². The Kier molecular flexibility index (Phi) is 4.43. The van der Waals surface area contributed by atoms with Crippen LogP contribution in [0, 0.1) is 26.6 Å². The average Bonchev–Trinajstić information content (AvgIpc) is 2.81. The summed E-state index contributed by atoms with van der Waals surface area (Å²) in [4.78, 5) is 21.2. The fourth-order valence-electron chi connectivity index (χ4n) is 3.26. The maximum atomic E-state index is 14.5. The Bertz CT molecular complexity index is 1030. The topological polar surface area (TPSA) is 72.7 Å². The molecule has 1 atom stereocenters. The monoisotopic (exact) mass is 383 g/mol. The predicted octanol–water partition coefficient (Wildman–Crippen LogP) is 3.50. The van der Waals surface area contributed by atoms with Gasteiger partial charge in [-0.3, -0.25) is 4.79 Å². The highest BCUT2D eigenvalue weighted by Crippen LogP contribution is 2.44. The quantitative estimate of drug-likeness (QED) is 0.733. The molecule has 0 saturated heterocycles. The summed E-state index contributed by atoms with van der Waals surface area (Å²) < 4.78 is 16.0. The summed E-state index contributed by atoms with van der Waals surface area (Å²) in [6, 6.07) is 8.50. The number of hydrogen-bond donors (Lipinski definition) is 1. The number of rotatable bonds is 2. The lowest BCUT2D eigenvalue weighted by atomic mass is 10.0. The number of halogens is 1. The Balaban J connectivity index is 1.93. The third-order valence-electron chi connectivity index (χ3n) is 4.36. The van der Waals surface area contributed by atoms with Crippen LogP contribution in [0.4, 0.5) is 10.2 Å². The molecule has 138 valence electrons. The SMILES string of the molecule is Cc1cc(C)nc(-n2nc(C)c3c2NC(=O)CS[C@@H]3c2ccccc2F)n1. The molecular formula is C19H18FN5OS. The standard InChI is InChI=1S/C19H18FN5OS/c1-10-8-11(2)22-19(21-10)25-18-16(12(3)24-25)17(27-9-15(26)23-18)13-6-4-5-7-14(13)20/h4-8,17H,9H2,1-3H3,(H,23,26)/t17-/m1/s1. The smallest absolute Gasteiger partial charge is 0.252 e. The van der Waals surface area contributed by atoms with Gasteiger partial charge < -0.3 is 5.32 Å². The van der Waals surface area contributed by atoms with Gasteiger partial charge in [0.15, 0.2) is 0 Å². The lowest BCUT2D eigenvalue weighted by Gasteiger charge is -2.16. The van der Waals surface area contributed by atoms with Gasteiger partial charge in [0.1, 0.15) is 11.6 Å². The maximum absolute atomic E-state index is 14.5. The lowest BCUT2D eigenvalue weighted by Crippen LogP contribution is -2.17. The number of benzene rings is 1. The molecular weight excluding hydrogens is 365 g/mol. The first-order valence-corrected chi connectivity index (χ1v) is 9.57. The molecule has 3 aromatic rings. The summed E-state index contributed by atoms with van der Waals surface area (Å²) in [6.07, 6.45) is 0. The first kappa shape index (κ1) is 17.7. The molecule has 4 rings (SSSR count). The Hall–Kier alpha value is -2.74. The van der Waals surface area contributed by atoms with Crippen molar-refractivity contribution in [2.45, 2.75) is 26.0 Å². The van der Waals surface area contributed by atoms with Crippen LogP contribution in [-0.4, -0.2) is 31.4 Å². The van der Waals surface area contributed by atoms with Crippen molar-refractivity contribution in [1.82, 2.24) is 19.7 Å². The van der Waals surface area contributed by atoms with Crippen molar-refractivity contribution in [2.75, 3.05) is 11.1 Å². The molecule has 0 bridgehead atoms. The summed E-state index contributed by atoms with van der Waals surface area (Å²) in [6.45, 7) is 5.61. The Morgan fingerprint density at radius 3 is 2.59 bits per heavy atom. The molecule has 1 aromatic carbocycles. The highest BCUT2D eigenvalue weighted by molar-refractivity contribution is 8.00. The number of carbonyl (C=O) groups excluding carboxylic acids is 1. The van der Waals surface area contributed by atoms with Crippen LogP contribution in [0.25, 0.3) is 5.95 Å². The van der Waals surface area contributed by atoms with Gasteiger partial charge in [0.05, 0.1) is 16.7 Å². The number of thioether (sulfide) groups is 1. The van der Waals surface area contributed by atoms with Gasteiger partial charge in [-0.25, -0.2) is 14.4 Å². The van der Waals surface area contributed by atoms with E-state index >= 15 is 0 Å². The average molecular weight is 383 g/mol. The number of aryl methyl sites for hydroxylation is 3. The maximum Gasteiger partial charge on any atom is 0.252 e. The number of nitrogens with zero attached hydrogens (tertiary/aromatic N) is 4. The van der Waals surface area contributed by atoms with E-state index in [1.165, 1.54) is 17.8 Å². The fraction of sp³-hybridized carbons (Fsp3) is 0.263.